The van der Waals surface area contributed by atoms with Crippen molar-refractivity contribution in [3.05, 3.63) is 30.3 Å². The van der Waals surface area contributed by atoms with E-state index in [1.807, 2.05) is 37.3 Å². The number of carbonyl (C=O) groups is 1. The van der Waals surface area contributed by atoms with Crippen LogP contribution in [0, 0.1) is 0 Å². The van der Waals surface area contributed by atoms with Crippen molar-refractivity contribution in [2.45, 2.75) is 25.6 Å². The minimum absolute atomic E-state index is 0.0669. The number of Topliss-reactive ketones (excluding diaryl/α,β-unsaturated/α-hetero) is 1. The highest BCUT2D eigenvalue weighted by Gasteiger charge is 2.42. The Morgan fingerprint density at radius 3 is 2.67 bits per heavy atom. The van der Waals surface area contributed by atoms with Gasteiger partial charge < -0.3 is 9.47 Å². The molecular weight excluding hydrogens is 192 g/mol. The highest BCUT2D eigenvalue weighted by molar-refractivity contribution is 5.90. The first-order chi connectivity index (χ1) is 7.31. The number of hydrogen-bond acceptors (Lipinski definition) is 3. The third-order valence-corrected chi connectivity index (χ3v) is 2.44. The van der Waals surface area contributed by atoms with E-state index in [4.69, 9.17) is 9.47 Å². The van der Waals surface area contributed by atoms with Gasteiger partial charge in [-0.25, -0.2) is 0 Å². The van der Waals surface area contributed by atoms with Crippen molar-refractivity contribution in [1.82, 2.24) is 0 Å². The average Bonchev–Trinajstić information content (AvgIpc) is 2.27. The number of carbonyl (C=O) groups excluding carboxylic acids is 1. The SMILES string of the molecule is CCO[C@H]1CC(=O)[C@H]1Oc1ccccc1. The van der Waals surface area contributed by atoms with E-state index in [0.29, 0.717) is 13.0 Å². The number of para-hydroxylation sites is 1. The molecule has 0 aliphatic heterocycles. The molecule has 2 rings (SSSR count). The van der Waals surface area contributed by atoms with E-state index in [9.17, 15) is 4.79 Å². The average molecular weight is 206 g/mol. The summed E-state index contributed by atoms with van der Waals surface area (Å²) in [5.41, 5.74) is 0. The second-order valence-corrected chi connectivity index (χ2v) is 3.52. The molecule has 1 saturated carbocycles. The summed E-state index contributed by atoms with van der Waals surface area (Å²) < 4.78 is 10.9. The Balaban J connectivity index is 1.96. The molecule has 0 radical (unpaired) electrons. The molecular formula is C12H14O3. The molecule has 2 atom stereocenters. The molecule has 3 heteroatoms. The zero-order valence-electron chi connectivity index (χ0n) is 8.68. The quantitative estimate of drug-likeness (QED) is 0.753. The number of hydrogen-bond donors (Lipinski definition) is 0. The first kappa shape index (κ1) is 10.2. The molecule has 1 fully saturated rings. The molecule has 1 aliphatic carbocycles. The Bertz CT molecular complexity index is 334. The Hall–Kier alpha value is -1.35. The Morgan fingerprint density at radius 1 is 1.33 bits per heavy atom. The monoisotopic (exact) mass is 206 g/mol. The summed E-state index contributed by atoms with van der Waals surface area (Å²) in [6, 6.07) is 9.36. The normalized spacial score (nSPS) is 24.7. The van der Waals surface area contributed by atoms with Gasteiger partial charge in [-0.1, -0.05) is 18.2 Å². The summed E-state index contributed by atoms with van der Waals surface area (Å²) in [5, 5.41) is 0. The standard InChI is InChI=1S/C12H14O3/c1-2-14-11-8-10(13)12(11)15-9-6-4-3-5-7-9/h3-7,11-12H,2,8H2,1H3/t11-,12+/m0/s1. The Labute approximate surface area is 89.0 Å². The lowest BCUT2D eigenvalue weighted by atomic mass is 9.90. The van der Waals surface area contributed by atoms with Crippen LogP contribution in [0.25, 0.3) is 0 Å². The molecule has 0 bridgehead atoms. The summed E-state index contributed by atoms with van der Waals surface area (Å²) >= 11 is 0. The van der Waals surface area contributed by atoms with Gasteiger partial charge in [-0.05, 0) is 19.1 Å². The van der Waals surface area contributed by atoms with Gasteiger partial charge in [0.25, 0.3) is 0 Å². The largest absolute Gasteiger partial charge is 0.480 e. The van der Waals surface area contributed by atoms with Crippen LogP contribution in [-0.4, -0.2) is 24.6 Å². The molecule has 0 N–H and O–H groups in total. The van der Waals surface area contributed by atoms with Crippen molar-refractivity contribution < 1.29 is 14.3 Å². The first-order valence-corrected chi connectivity index (χ1v) is 5.17. The lowest BCUT2D eigenvalue weighted by Crippen LogP contribution is -2.52. The maximum atomic E-state index is 11.3. The molecule has 3 nitrogen and oxygen atoms in total. The zero-order valence-corrected chi connectivity index (χ0v) is 8.68. The molecule has 0 spiro atoms. The fraction of sp³-hybridized carbons (Fsp3) is 0.417. The smallest absolute Gasteiger partial charge is 0.183 e. The minimum atomic E-state index is -0.410. The summed E-state index contributed by atoms with van der Waals surface area (Å²) in [6.45, 7) is 2.54. The van der Waals surface area contributed by atoms with E-state index in [1.54, 1.807) is 0 Å². The second kappa shape index (κ2) is 4.45. The van der Waals surface area contributed by atoms with E-state index >= 15 is 0 Å². The molecule has 0 saturated heterocycles. The highest BCUT2D eigenvalue weighted by Crippen LogP contribution is 2.25. The molecule has 1 aromatic carbocycles. The predicted molar refractivity (Wildman–Crippen MR) is 55.9 cm³/mol. The second-order valence-electron chi connectivity index (χ2n) is 3.52. The third-order valence-electron chi connectivity index (χ3n) is 2.44. The zero-order chi connectivity index (χ0) is 10.7. The fourth-order valence-corrected chi connectivity index (χ4v) is 1.62. The van der Waals surface area contributed by atoms with Gasteiger partial charge in [0, 0.05) is 13.0 Å². The van der Waals surface area contributed by atoms with Crippen molar-refractivity contribution in [2.24, 2.45) is 0 Å². The lowest BCUT2D eigenvalue weighted by Gasteiger charge is -2.34. The highest BCUT2D eigenvalue weighted by atomic mass is 16.5. The fourth-order valence-electron chi connectivity index (χ4n) is 1.62. The van der Waals surface area contributed by atoms with Gasteiger partial charge in [0.1, 0.15) is 11.9 Å². The topological polar surface area (TPSA) is 35.5 Å². The van der Waals surface area contributed by atoms with Crippen molar-refractivity contribution in [3.8, 4) is 5.75 Å². The lowest BCUT2D eigenvalue weighted by molar-refractivity contribution is -0.152. The molecule has 0 aromatic heterocycles. The summed E-state index contributed by atoms with van der Waals surface area (Å²) in [6.07, 6.45) is 0.000720. The van der Waals surface area contributed by atoms with Crippen molar-refractivity contribution in [3.63, 3.8) is 0 Å². The minimum Gasteiger partial charge on any atom is -0.480 e. The van der Waals surface area contributed by atoms with Gasteiger partial charge in [-0.15, -0.1) is 0 Å². The van der Waals surface area contributed by atoms with E-state index in [1.165, 1.54) is 0 Å². The van der Waals surface area contributed by atoms with Gasteiger partial charge in [0.15, 0.2) is 11.9 Å². The van der Waals surface area contributed by atoms with Crippen LogP contribution in [0.15, 0.2) is 30.3 Å². The summed E-state index contributed by atoms with van der Waals surface area (Å²) in [4.78, 5) is 11.3. The van der Waals surface area contributed by atoms with Crippen LogP contribution in [0.2, 0.25) is 0 Å². The summed E-state index contributed by atoms with van der Waals surface area (Å²) in [7, 11) is 0. The van der Waals surface area contributed by atoms with Crippen LogP contribution in [0.4, 0.5) is 0 Å². The van der Waals surface area contributed by atoms with Gasteiger partial charge in [0.05, 0.1) is 0 Å². The van der Waals surface area contributed by atoms with Crippen LogP contribution in [-0.2, 0) is 9.53 Å². The molecule has 80 valence electrons. The first-order valence-electron chi connectivity index (χ1n) is 5.17. The molecule has 1 aromatic rings. The Kier molecular flexibility index (Phi) is 3.02. The third kappa shape index (κ3) is 2.18. The molecule has 0 heterocycles. The maximum Gasteiger partial charge on any atom is 0.183 e. The van der Waals surface area contributed by atoms with Crippen molar-refractivity contribution in [1.29, 1.82) is 0 Å². The number of benzene rings is 1. The maximum absolute atomic E-state index is 11.3. The van der Waals surface area contributed by atoms with Gasteiger partial charge in [-0.2, -0.15) is 0 Å². The number of rotatable bonds is 4. The van der Waals surface area contributed by atoms with E-state index in [0.717, 1.165) is 5.75 Å². The van der Waals surface area contributed by atoms with Crippen LogP contribution in [0.3, 0.4) is 0 Å². The van der Waals surface area contributed by atoms with E-state index in [2.05, 4.69) is 0 Å². The van der Waals surface area contributed by atoms with Crippen LogP contribution >= 0.6 is 0 Å². The summed E-state index contributed by atoms with van der Waals surface area (Å²) in [5.74, 6) is 0.845. The number of ether oxygens (including phenoxy) is 2. The van der Waals surface area contributed by atoms with Crippen LogP contribution in [0.1, 0.15) is 13.3 Å². The van der Waals surface area contributed by atoms with Gasteiger partial charge in [-0.3, -0.25) is 4.79 Å². The molecule has 0 unspecified atom stereocenters. The molecule has 15 heavy (non-hydrogen) atoms. The van der Waals surface area contributed by atoms with Gasteiger partial charge in [0.2, 0.25) is 0 Å². The van der Waals surface area contributed by atoms with E-state index in [-0.39, 0.29) is 11.9 Å². The Morgan fingerprint density at radius 2 is 2.07 bits per heavy atom. The van der Waals surface area contributed by atoms with Crippen LogP contribution < -0.4 is 4.74 Å². The van der Waals surface area contributed by atoms with E-state index < -0.39 is 6.10 Å². The van der Waals surface area contributed by atoms with Crippen molar-refractivity contribution in [2.75, 3.05) is 6.61 Å². The number of ketones is 1. The molecule has 1 aliphatic rings. The molecule has 0 amide bonds. The van der Waals surface area contributed by atoms with Crippen LogP contribution in [0.5, 0.6) is 5.75 Å². The van der Waals surface area contributed by atoms with Crippen molar-refractivity contribution >= 4 is 5.78 Å². The van der Waals surface area contributed by atoms with Gasteiger partial charge >= 0.3 is 0 Å². The predicted octanol–water partition coefficient (Wildman–Crippen LogP) is 1.81.